The minimum Gasteiger partial charge on any atom is -0.462 e. The molecule has 0 spiro atoms. The smallest absolute Gasteiger partial charge is 0.348 e. The Balaban J connectivity index is 1.67. The molecule has 0 aromatic carbocycles. The predicted octanol–water partition coefficient (Wildman–Crippen LogP) is 3.18. The van der Waals surface area contributed by atoms with Gasteiger partial charge in [-0.2, -0.15) is 0 Å². The number of anilines is 1. The number of rotatable bonds is 6. The molecule has 174 valence electrons. The van der Waals surface area contributed by atoms with Crippen molar-refractivity contribution in [2.75, 3.05) is 11.9 Å². The molecular weight excluding hydrogens is 464 g/mol. The standard InChI is InChI=1S/C22H24N4O5S2/c1-4-31-22(30)16-10(2)14-19(33-16)24-9-26(21(14)29)11(3)18(28)25-20-15(17(23)27)12-7-5-6-8-13(12)32-20/h9,11H,4-8H2,1-3H3,(H2,23,27)(H,25,28). The molecule has 1 aliphatic rings. The molecule has 11 heteroatoms. The zero-order chi connectivity index (χ0) is 23.9. The van der Waals surface area contributed by atoms with Gasteiger partial charge in [0.1, 0.15) is 20.8 Å². The summed E-state index contributed by atoms with van der Waals surface area (Å²) in [7, 11) is 0. The summed E-state index contributed by atoms with van der Waals surface area (Å²) >= 11 is 2.45. The molecule has 9 nitrogen and oxygen atoms in total. The number of aryl methyl sites for hydroxylation is 2. The summed E-state index contributed by atoms with van der Waals surface area (Å²) in [5, 5.41) is 3.50. The number of nitrogens with zero attached hydrogens (tertiary/aromatic N) is 2. The summed E-state index contributed by atoms with van der Waals surface area (Å²) in [6, 6.07) is -0.903. The summed E-state index contributed by atoms with van der Waals surface area (Å²) in [6.45, 7) is 5.18. The van der Waals surface area contributed by atoms with Crippen molar-refractivity contribution in [2.45, 2.75) is 52.5 Å². The lowest BCUT2D eigenvalue weighted by Gasteiger charge is -2.15. The van der Waals surface area contributed by atoms with E-state index in [0.717, 1.165) is 47.5 Å². The molecule has 2 amide bonds. The minimum atomic E-state index is -0.903. The first-order valence-corrected chi connectivity index (χ1v) is 12.3. The molecule has 0 saturated carbocycles. The fourth-order valence-electron chi connectivity index (χ4n) is 4.06. The second-order valence-corrected chi connectivity index (χ2v) is 9.96. The SMILES string of the molecule is CCOC(=O)c1sc2ncn(C(C)C(=O)Nc3sc4c(c3C(N)=O)CCCC4)c(=O)c2c1C. The summed E-state index contributed by atoms with van der Waals surface area (Å²) in [6.07, 6.45) is 4.92. The second-order valence-electron chi connectivity index (χ2n) is 7.86. The van der Waals surface area contributed by atoms with E-state index in [4.69, 9.17) is 10.5 Å². The van der Waals surface area contributed by atoms with Crippen LogP contribution in [0.3, 0.4) is 0 Å². The fourth-order valence-corrected chi connectivity index (χ4v) is 6.39. The van der Waals surface area contributed by atoms with Gasteiger partial charge in [0.05, 0.1) is 23.9 Å². The first-order valence-electron chi connectivity index (χ1n) is 10.7. The number of hydrogen-bond donors (Lipinski definition) is 2. The number of hydrogen-bond acceptors (Lipinski definition) is 8. The highest BCUT2D eigenvalue weighted by Crippen LogP contribution is 2.38. The van der Waals surface area contributed by atoms with Crippen LogP contribution in [0.1, 0.15) is 68.8 Å². The number of thiophene rings is 2. The van der Waals surface area contributed by atoms with Crippen LogP contribution in [0.5, 0.6) is 0 Å². The molecule has 0 fully saturated rings. The Morgan fingerprint density at radius 3 is 2.70 bits per heavy atom. The number of amides is 2. The lowest BCUT2D eigenvalue weighted by Crippen LogP contribution is -2.32. The van der Waals surface area contributed by atoms with Gasteiger partial charge >= 0.3 is 5.97 Å². The number of carbonyl (C=O) groups is 3. The van der Waals surface area contributed by atoms with Crippen LogP contribution < -0.4 is 16.6 Å². The van der Waals surface area contributed by atoms with Crippen molar-refractivity contribution in [1.29, 1.82) is 0 Å². The summed E-state index contributed by atoms with van der Waals surface area (Å²) in [4.78, 5) is 56.6. The van der Waals surface area contributed by atoms with E-state index in [2.05, 4.69) is 10.3 Å². The van der Waals surface area contributed by atoms with Crippen molar-refractivity contribution in [2.24, 2.45) is 5.73 Å². The average Bonchev–Trinajstić information content (AvgIpc) is 3.31. The van der Waals surface area contributed by atoms with E-state index in [1.165, 1.54) is 22.2 Å². The van der Waals surface area contributed by atoms with Gasteiger partial charge in [-0.15, -0.1) is 22.7 Å². The number of ether oxygens (including phenoxy) is 1. The number of esters is 1. The number of nitrogens with one attached hydrogen (secondary N) is 1. The van der Waals surface area contributed by atoms with Crippen LogP contribution in [0.15, 0.2) is 11.1 Å². The third-order valence-electron chi connectivity index (χ3n) is 5.79. The monoisotopic (exact) mass is 488 g/mol. The zero-order valence-electron chi connectivity index (χ0n) is 18.5. The number of primary amides is 1. The van der Waals surface area contributed by atoms with E-state index in [1.54, 1.807) is 20.8 Å². The van der Waals surface area contributed by atoms with Crippen LogP contribution in [0.25, 0.3) is 10.2 Å². The highest BCUT2D eigenvalue weighted by atomic mass is 32.1. The van der Waals surface area contributed by atoms with Gasteiger partial charge in [0.15, 0.2) is 0 Å². The predicted molar refractivity (Wildman–Crippen MR) is 127 cm³/mol. The Hall–Kier alpha value is -3.05. The Morgan fingerprint density at radius 1 is 1.27 bits per heavy atom. The van der Waals surface area contributed by atoms with Crippen molar-refractivity contribution in [3.63, 3.8) is 0 Å². The van der Waals surface area contributed by atoms with E-state index in [0.29, 0.717) is 25.8 Å². The van der Waals surface area contributed by atoms with Gasteiger partial charge in [0.25, 0.3) is 11.5 Å². The topological polar surface area (TPSA) is 133 Å². The van der Waals surface area contributed by atoms with Gasteiger partial charge < -0.3 is 15.8 Å². The normalized spacial score (nSPS) is 14.0. The number of nitrogens with two attached hydrogens (primary N) is 1. The van der Waals surface area contributed by atoms with Gasteiger partial charge in [-0.1, -0.05) is 0 Å². The molecule has 0 radical (unpaired) electrons. The Morgan fingerprint density at radius 2 is 2.00 bits per heavy atom. The lowest BCUT2D eigenvalue weighted by atomic mass is 9.95. The molecule has 4 rings (SSSR count). The van der Waals surface area contributed by atoms with Crippen LogP contribution in [-0.2, 0) is 22.4 Å². The van der Waals surface area contributed by atoms with Crippen molar-refractivity contribution in [1.82, 2.24) is 9.55 Å². The number of fused-ring (bicyclic) bond motifs is 2. The van der Waals surface area contributed by atoms with E-state index in [-0.39, 0.29) is 12.0 Å². The van der Waals surface area contributed by atoms with Crippen molar-refractivity contribution >= 4 is 55.7 Å². The quantitative estimate of drug-likeness (QED) is 0.512. The Bertz CT molecular complexity index is 1340. The Kier molecular flexibility index (Phi) is 6.35. The fraction of sp³-hybridized carbons (Fsp3) is 0.409. The Labute approximate surface area is 197 Å². The highest BCUT2D eigenvalue weighted by molar-refractivity contribution is 7.20. The summed E-state index contributed by atoms with van der Waals surface area (Å²) < 4.78 is 6.29. The van der Waals surface area contributed by atoms with Crippen LogP contribution in [0.2, 0.25) is 0 Å². The van der Waals surface area contributed by atoms with Crippen LogP contribution in [0, 0.1) is 6.92 Å². The lowest BCUT2D eigenvalue weighted by molar-refractivity contribution is -0.118. The largest absolute Gasteiger partial charge is 0.462 e. The van der Waals surface area contributed by atoms with E-state index < -0.39 is 29.4 Å². The maximum Gasteiger partial charge on any atom is 0.348 e. The molecular formula is C22H24N4O5S2. The van der Waals surface area contributed by atoms with Crippen LogP contribution in [-0.4, -0.2) is 33.9 Å². The first-order chi connectivity index (χ1) is 15.7. The maximum absolute atomic E-state index is 13.2. The molecule has 1 aliphatic carbocycles. The van der Waals surface area contributed by atoms with E-state index in [1.807, 2.05) is 0 Å². The molecule has 1 unspecified atom stereocenters. The number of carbonyl (C=O) groups excluding carboxylic acids is 3. The molecule has 0 saturated heterocycles. The van der Waals surface area contributed by atoms with Crippen molar-refractivity contribution in [3.8, 4) is 0 Å². The van der Waals surface area contributed by atoms with Gasteiger partial charge in [-0.3, -0.25) is 19.0 Å². The van der Waals surface area contributed by atoms with Gasteiger partial charge in [-0.25, -0.2) is 9.78 Å². The number of aromatic nitrogens is 2. The molecule has 3 N–H and O–H groups in total. The maximum atomic E-state index is 13.2. The first kappa shape index (κ1) is 23.1. The third-order valence-corrected chi connectivity index (χ3v) is 8.18. The molecule has 0 aliphatic heterocycles. The van der Waals surface area contributed by atoms with Crippen LogP contribution in [0.4, 0.5) is 5.00 Å². The highest BCUT2D eigenvalue weighted by Gasteiger charge is 2.28. The average molecular weight is 489 g/mol. The molecule has 3 aromatic heterocycles. The van der Waals surface area contributed by atoms with E-state index in [9.17, 15) is 19.2 Å². The molecule has 3 aromatic rings. The zero-order valence-corrected chi connectivity index (χ0v) is 20.2. The van der Waals surface area contributed by atoms with Crippen LogP contribution >= 0.6 is 22.7 Å². The molecule has 0 bridgehead atoms. The van der Waals surface area contributed by atoms with Crippen molar-refractivity contribution in [3.05, 3.63) is 43.1 Å². The van der Waals surface area contributed by atoms with Gasteiger partial charge in [0, 0.05) is 4.88 Å². The van der Waals surface area contributed by atoms with E-state index >= 15 is 0 Å². The third kappa shape index (κ3) is 4.06. The van der Waals surface area contributed by atoms with Gasteiger partial charge in [-0.05, 0) is 57.6 Å². The summed E-state index contributed by atoms with van der Waals surface area (Å²) in [5.74, 6) is -1.54. The minimum absolute atomic E-state index is 0.223. The summed E-state index contributed by atoms with van der Waals surface area (Å²) in [5.41, 5.74) is 6.95. The molecule has 33 heavy (non-hydrogen) atoms. The molecule has 1 atom stereocenters. The second kappa shape index (κ2) is 9.06. The van der Waals surface area contributed by atoms with Gasteiger partial charge in [0.2, 0.25) is 5.91 Å². The van der Waals surface area contributed by atoms with Crippen molar-refractivity contribution < 1.29 is 19.1 Å². The molecule has 3 heterocycles.